The third kappa shape index (κ3) is 3.47. The zero-order chi connectivity index (χ0) is 27.6. The molecular formula is C37H22N2O3. The maximum absolute atomic E-state index is 6.42. The van der Waals surface area contributed by atoms with Crippen LogP contribution >= 0.6 is 0 Å². The van der Waals surface area contributed by atoms with Crippen molar-refractivity contribution in [1.82, 2.24) is 4.98 Å². The van der Waals surface area contributed by atoms with Crippen molar-refractivity contribution in [3.05, 3.63) is 133 Å². The van der Waals surface area contributed by atoms with E-state index in [4.69, 9.17) is 18.2 Å². The molecule has 0 N–H and O–H groups in total. The largest absolute Gasteiger partial charge is 0.456 e. The Hall–Kier alpha value is -5.81. The molecule has 0 atom stereocenters. The average molecular weight is 543 g/mol. The molecule has 0 fully saturated rings. The Kier molecular flexibility index (Phi) is 4.83. The van der Waals surface area contributed by atoms with E-state index < -0.39 is 0 Å². The molecule has 0 aliphatic carbocycles. The van der Waals surface area contributed by atoms with E-state index in [9.17, 15) is 0 Å². The van der Waals surface area contributed by atoms with Crippen molar-refractivity contribution in [3.63, 3.8) is 0 Å². The minimum atomic E-state index is 0.598. The number of nitrogens with zero attached hydrogens (tertiary/aromatic N) is 2. The zero-order valence-corrected chi connectivity index (χ0v) is 22.3. The number of fused-ring (bicyclic) bond motifs is 8. The van der Waals surface area contributed by atoms with Gasteiger partial charge in [0.05, 0.1) is 5.39 Å². The van der Waals surface area contributed by atoms with E-state index in [0.717, 1.165) is 77.6 Å². The molecule has 0 bridgehead atoms. The van der Waals surface area contributed by atoms with Crippen LogP contribution in [0.15, 0.2) is 147 Å². The molecule has 0 aliphatic rings. The van der Waals surface area contributed by atoms with Gasteiger partial charge in [-0.2, -0.15) is 0 Å². The van der Waals surface area contributed by atoms with E-state index in [-0.39, 0.29) is 0 Å². The van der Waals surface area contributed by atoms with Crippen LogP contribution in [-0.2, 0) is 0 Å². The minimum absolute atomic E-state index is 0.598. The second-order valence-electron chi connectivity index (χ2n) is 10.4. The number of oxazole rings is 1. The number of aromatic nitrogens is 1. The molecular weight excluding hydrogens is 520 g/mol. The van der Waals surface area contributed by atoms with Gasteiger partial charge in [0, 0.05) is 50.9 Å². The van der Waals surface area contributed by atoms with Gasteiger partial charge in [-0.15, -0.1) is 0 Å². The summed E-state index contributed by atoms with van der Waals surface area (Å²) in [6.45, 7) is 0. The second kappa shape index (κ2) is 8.85. The highest BCUT2D eigenvalue weighted by Gasteiger charge is 2.20. The number of furan rings is 2. The summed E-state index contributed by atoms with van der Waals surface area (Å²) in [6, 6.07) is 45.1. The predicted molar refractivity (Wildman–Crippen MR) is 169 cm³/mol. The minimum Gasteiger partial charge on any atom is -0.456 e. The smallest absolute Gasteiger partial charge is 0.227 e. The van der Waals surface area contributed by atoms with Gasteiger partial charge in [0.1, 0.15) is 27.8 Å². The Morgan fingerprint density at radius 1 is 0.452 bits per heavy atom. The molecule has 5 heteroatoms. The number of benzene rings is 6. The highest BCUT2D eigenvalue weighted by Crippen LogP contribution is 2.42. The molecule has 0 saturated carbocycles. The lowest BCUT2D eigenvalue weighted by Gasteiger charge is -2.25. The number of hydrogen-bond acceptors (Lipinski definition) is 5. The SMILES string of the molecule is c1ccc(-c2nc3ccc4oc5cc(N(c6ccccc6)c6ccc7c(c6)oc6ccccc67)ccc5c4c3o2)cc1. The number of rotatable bonds is 4. The quantitative estimate of drug-likeness (QED) is 0.221. The van der Waals surface area contributed by atoms with Crippen LogP contribution in [0.1, 0.15) is 0 Å². The Bertz CT molecular complexity index is 2420. The molecule has 0 amide bonds. The topological polar surface area (TPSA) is 55.6 Å². The van der Waals surface area contributed by atoms with Crippen LogP contribution in [0.25, 0.3) is 66.4 Å². The first kappa shape index (κ1) is 22.9. The molecule has 9 aromatic rings. The lowest BCUT2D eigenvalue weighted by atomic mass is 10.1. The van der Waals surface area contributed by atoms with E-state index in [1.165, 1.54) is 0 Å². The average Bonchev–Trinajstić information content (AvgIpc) is 3.74. The third-order valence-electron chi connectivity index (χ3n) is 7.89. The molecule has 0 radical (unpaired) electrons. The van der Waals surface area contributed by atoms with Crippen LogP contribution in [-0.4, -0.2) is 4.98 Å². The molecule has 42 heavy (non-hydrogen) atoms. The van der Waals surface area contributed by atoms with Gasteiger partial charge in [-0.05, 0) is 66.7 Å². The van der Waals surface area contributed by atoms with Crippen LogP contribution < -0.4 is 4.90 Å². The van der Waals surface area contributed by atoms with Gasteiger partial charge in [0.2, 0.25) is 5.89 Å². The van der Waals surface area contributed by atoms with E-state index >= 15 is 0 Å². The molecule has 5 nitrogen and oxygen atoms in total. The monoisotopic (exact) mass is 542 g/mol. The van der Waals surface area contributed by atoms with Crippen LogP contribution in [0, 0.1) is 0 Å². The van der Waals surface area contributed by atoms with Crippen molar-refractivity contribution < 1.29 is 13.3 Å². The van der Waals surface area contributed by atoms with Crippen molar-refractivity contribution in [1.29, 1.82) is 0 Å². The first-order valence-corrected chi connectivity index (χ1v) is 13.9. The summed E-state index contributed by atoms with van der Waals surface area (Å²) >= 11 is 0. The van der Waals surface area contributed by atoms with E-state index in [1.54, 1.807) is 0 Å². The number of hydrogen-bond donors (Lipinski definition) is 0. The maximum atomic E-state index is 6.42. The van der Waals surface area contributed by atoms with E-state index in [0.29, 0.717) is 5.89 Å². The van der Waals surface area contributed by atoms with Crippen molar-refractivity contribution in [2.24, 2.45) is 0 Å². The first-order valence-electron chi connectivity index (χ1n) is 13.9. The van der Waals surface area contributed by atoms with Crippen LogP contribution in [0.5, 0.6) is 0 Å². The second-order valence-corrected chi connectivity index (χ2v) is 10.4. The summed E-state index contributed by atoms with van der Waals surface area (Å²) in [4.78, 5) is 6.98. The Labute approximate surface area is 239 Å². The first-order chi connectivity index (χ1) is 20.8. The van der Waals surface area contributed by atoms with Crippen molar-refractivity contribution >= 4 is 72.0 Å². The summed E-state index contributed by atoms with van der Waals surface area (Å²) in [5.74, 6) is 0.598. The van der Waals surface area contributed by atoms with Gasteiger partial charge in [-0.25, -0.2) is 4.98 Å². The Morgan fingerprint density at radius 2 is 1.10 bits per heavy atom. The highest BCUT2D eigenvalue weighted by molar-refractivity contribution is 6.17. The number of para-hydroxylation sites is 2. The third-order valence-corrected chi connectivity index (χ3v) is 7.89. The molecule has 0 spiro atoms. The molecule has 3 heterocycles. The van der Waals surface area contributed by atoms with Crippen LogP contribution in [0.4, 0.5) is 17.1 Å². The summed E-state index contributed by atoms with van der Waals surface area (Å²) in [5.41, 5.74) is 8.75. The molecule has 0 aliphatic heterocycles. The molecule has 0 unspecified atom stereocenters. The summed E-state index contributed by atoms with van der Waals surface area (Å²) < 4.78 is 19.0. The van der Waals surface area contributed by atoms with Gasteiger partial charge in [0.15, 0.2) is 5.58 Å². The molecule has 6 aromatic carbocycles. The summed E-state index contributed by atoms with van der Waals surface area (Å²) in [7, 11) is 0. The molecule has 9 rings (SSSR count). The lowest BCUT2D eigenvalue weighted by Crippen LogP contribution is -2.09. The number of anilines is 3. The maximum Gasteiger partial charge on any atom is 0.227 e. The fourth-order valence-electron chi connectivity index (χ4n) is 5.96. The van der Waals surface area contributed by atoms with Crippen molar-refractivity contribution in [2.75, 3.05) is 4.90 Å². The van der Waals surface area contributed by atoms with Gasteiger partial charge in [0.25, 0.3) is 0 Å². The van der Waals surface area contributed by atoms with Gasteiger partial charge in [-0.3, -0.25) is 0 Å². The van der Waals surface area contributed by atoms with E-state index in [1.807, 2.05) is 78.9 Å². The molecule has 3 aromatic heterocycles. The summed E-state index contributed by atoms with van der Waals surface area (Å²) in [6.07, 6.45) is 0. The van der Waals surface area contributed by atoms with Gasteiger partial charge >= 0.3 is 0 Å². The Balaban J connectivity index is 1.22. The Morgan fingerprint density at radius 3 is 1.90 bits per heavy atom. The predicted octanol–water partition coefficient (Wildman–Crippen LogP) is 10.8. The summed E-state index contributed by atoms with van der Waals surface area (Å²) in [5, 5.41) is 4.12. The fraction of sp³-hybridized carbons (Fsp3) is 0. The fourth-order valence-corrected chi connectivity index (χ4v) is 5.96. The molecule has 0 saturated heterocycles. The lowest BCUT2D eigenvalue weighted by molar-refractivity contribution is 0.622. The van der Waals surface area contributed by atoms with Crippen LogP contribution in [0.2, 0.25) is 0 Å². The molecule has 198 valence electrons. The highest BCUT2D eigenvalue weighted by atomic mass is 16.4. The normalized spacial score (nSPS) is 11.8. The van der Waals surface area contributed by atoms with Crippen molar-refractivity contribution in [2.45, 2.75) is 0 Å². The zero-order valence-electron chi connectivity index (χ0n) is 22.3. The van der Waals surface area contributed by atoms with E-state index in [2.05, 4.69) is 59.5 Å². The van der Waals surface area contributed by atoms with Gasteiger partial charge < -0.3 is 18.2 Å². The standard InChI is InChI=1S/C37H22N2O3/c1-3-9-23(10-4-1)37-38-30-19-20-32-35(36(30)42-37)29-18-16-26(22-34(29)41-32)39(24-11-5-2-6-12-24)25-15-17-28-27-13-7-8-14-31(27)40-33(28)21-25/h1-22H. The van der Waals surface area contributed by atoms with Crippen LogP contribution in [0.3, 0.4) is 0 Å². The van der Waals surface area contributed by atoms with Crippen molar-refractivity contribution in [3.8, 4) is 11.5 Å². The van der Waals surface area contributed by atoms with Gasteiger partial charge in [-0.1, -0.05) is 54.6 Å².